The third-order valence-corrected chi connectivity index (χ3v) is 3.63. The molecule has 0 heterocycles. The van der Waals surface area contributed by atoms with Crippen LogP contribution in [0.4, 0.5) is 14.5 Å². The van der Waals surface area contributed by atoms with Gasteiger partial charge in [0.25, 0.3) is 0 Å². The molecule has 0 saturated heterocycles. The molecule has 0 saturated carbocycles. The van der Waals surface area contributed by atoms with E-state index in [1.54, 1.807) is 19.1 Å². The van der Waals surface area contributed by atoms with Crippen LogP contribution in [0, 0.1) is 11.6 Å². The first-order chi connectivity index (χ1) is 9.44. The molecule has 0 radical (unpaired) electrons. The lowest BCUT2D eigenvalue weighted by atomic mass is 9.92. The molecule has 2 nitrogen and oxygen atoms in total. The molecule has 0 amide bonds. The Balaban J connectivity index is 2.35. The number of rotatable bonds is 4. The first-order valence-electron chi connectivity index (χ1n) is 6.05. The molecule has 106 valence electrons. The van der Waals surface area contributed by atoms with Crippen molar-refractivity contribution in [3.05, 3.63) is 64.1 Å². The molecule has 0 aliphatic heterocycles. The number of benzene rings is 2. The molecule has 5 heteroatoms. The first-order valence-corrected chi connectivity index (χ1v) is 6.84. The number of anilines is 1. The number of hydrogen-bond donors (Lipinski definition) is 2. The lowest BCUT2D eigenvalue weighted by Gasteiger charge is -2.31. The van der Waals surface area contributed by atoms with Gasteiger partial charge >= 0.3 is 0 Å². The summed E-state index contributed by atoms with van der Waals surface area (Å²) < 4.78 is 27.8. The van der Waals surface area contributed by atoms with Crippen LogP contribution in [-0.2, 0) is 5.54 Å². The summed E-state index contributed by atoms with van der Waals surface area (Å²) in [7, 11) is 0. The van der Waals surface area contributed by atoms with E-state index in [4.69, 9.17) is 0 Å². The van der Waals surface area contributed by atoms with Gasteiger partial charge in [0, 0.05) is 21.8 Å². The Hall–Kier alpha value is -1.46. The SMILES string of the molecule is CC(CO)(Nc1ccc(Br)cc1)c1ccc(F)cc1F. The van der Waals surface area contributed by atoms with E-state index in [1.165, 1.54) is 12.1 Å². The summed E-state index contributed by atoms with van der Waals surface area (Å²) in [6.45, 7) is 1.33. The normalized spacial score (nSPS) is 13.8. The van der Waals surface area contributed by atoms with Gasteiger partial charge in [0.15, 0.2) is 0 Å². The van der Waals surface area contributed by atoms with E-state index in [0.29, 0.717) is 0 Å². The van der Waals surface area contributed by atoms with Gasteiger partial charge in [0.05, 0.1) is 12.1 Å². The van der Waals surface area contributed by atoms with Gasteiger partial charge in [-0.25, -0.2) is 8.78 Å². The molecule has 2 aromatic rings. The van der Waals surface area contributed by atoms with Crippen LogP contribution in [0.3, 0.4) is 0 Å². The van der Waals surface area contributed by atoms with Crippen LogP contribution < -0.4 is 5.32 Å². The van der Waals surface area contributed by atoms with Crippen LogP contribution in [0.5, 0.6) is 0 Å². The van der Waals surface area contributed by atoms with Crippen LogP contribution in [-0.4, -0.2) is 11.7 Å². The summed E-state index contributed by atoms with van der Waals surface area (Å²) in [5, 5.41) is 12.7. The van der Waals surface area contributed by atoms with Crippen molar-refractivity contribution in [1.82, 2.24) is 0 Å². The maximum atomic E-state index is 13.9. The van der Waals surface area contributed by atoms with Crippen LogP contribution in [0.15, 0.2) is 46.9 Å². The number of hydrogen-bond acceptors (Lipinski definition) is 2. The predicted molar refractivity (Wildman–Crippen MR) is 78.6 cm³/mol. The lowest BCUT2D eigenvalue weighted by Crippen LogP contribution is -2.36. The highest BCUT2D eigenvalue weighted by atomic mass is 79.9. The summed E-state index contributed by atoms with van der Waals surface area (Å²) in [5.41, 5.74) is -0.0937. The molecule has 0 aliphatic carbocycles. The third kappa shape index (κ3) is 3.16. The van der Waals surface area contributed by atoms with Gasteiger partial charge in [-0.05, 0) is 37.3 Å². The molecule has 0 spiro atoms. The Bertz CT molecular complexity index is 603. The summed E-state index contributed by atoms with van der Waals surface area (Å²) in [4.78, 5) is 0. The van der Waals surface area contributed by atoms with E-state index in [0.717, 1.165) is 16.2 Å². The average Bonchev–Trinajstić information content (AvgIpc) is 2.41. The van der Waals surface area contributed by atoms with Crippen molar-refractivity contribution in [1.29, 1.82) is 0 Å². The maximum absolute atomic E-state index is 13.9. The Kier molecular flexibility index (Phi) is 4.40. The summed E-state index contributed by atoms with van der Waals surface area (Å²) in [6.07, 6.45) is 0. The zero-order valence-electron chi connectivity index (χ0n) is 10.8. The highest BCUT2D eigenvalue weighted by molar-refractivity contribution is 9.10. The monoisotopic (exact) mass is 341 g/mol. The number of nitrogens with one attached hydrogen (secondary N) is 1. The fourth-order valence-corrected chi connectivity index (χ4v) is 2.25. The van der Waals surface area contributed by atoms with Crippen molar-refractivity contribution in [3.63, 3.8) is 0 Å². The predicted octanol–water partition coefficient (Wildman–Crippen LogP) is 4.05. The molecule has 20 heavy (non-hydrogen) atoms. The van der Waals surface area contributed by atoms with E-state index in [2.05, 4.69) is 21.2 Å². The van der Waals surface area contributed by atoms with Crippen molar-refractivity contribution in [2.45, 2.75) is 12.5 Å². The van der Waals surface area contributed by atoms with Crippen molar-refractivity contribution in [2.24, 2.45) is 0 Å². The van der Waals surface area contributed by atoms with E-state index in [9.17, 15) is 13.9 Å². The molecular formula is C15H14BrF2NO. The molecule has 1 atom stereocenters. The highest BCUT2D eigenvalue weighted by Gasteiger charge is 2.29. The van der Waals surface area contributed by atoms with Gasteiger partial charge in [-0.15, -0.1) is 0 Å². The summed E-state index contributed by atoms with van der Waals surface area (Å²) in [6, 6.07) is 10.6. The van der Waals surface area contributed by atoms with Crippen molar-refractivity contribution in [3.8, 4) is 0 Å². The standard InChI is InChI=1S/C15H14BrF2NO/c1-15(9-20,13-7-4-11(17)8-14(13)18)19-12-5-2-10(16)3-6-12/h2-8,19-20H,9H2,1H3. The second kappa shape index (κ2) is 5.89. The fraction of sp³-hybridized carbons (Fsp3) is 0.200. The quantitative estimate of drug-likeness (QED) is 0.879. The molecule has 2 rings (SSSR count). The maximum Gasteiger partial charge on any atom is 0.131 e. The zero-order chi connectivity index (χ0) is 14.8. The van der Waals surface area contributed by atoms with Crippen molar-refractivity contribution in [2.75, 3.05) is 11.9 Å². The van der Waals surface area contributed by atoms with Crippen molar-refractivity contribution >= 4 is 21.6 Å². The van der Waals surface area contributed by atoms with Gasteiger partial charge in [0.1, 0.15) is 11.6 Å². The summed E-state index contributed by atoms with van der Waals surface area (Å²) >= 11 is 3.33. The van der Waals surface area contributed by atoms with Crippen LogP contribution in [0.25, 0.3) is 0 Å². The third-order valence-electron chi connectivity index (χ3n) is 3.11. The highest BCUT2D eigenvalue weighted by Crippen LogP contribution is 2.28. The minimum atomic E-state index is -1.04. The molecule has 0 fully saturated rings. The zero-order valence-corrected chi connectivity index (χ0v) is 12.4. The topological polar surface area (TPSA) is 32.3 Å². The molecule has 0 bridgehead atoms. The molecule has 2 aromatic carbocycles. The first kappa shape index (κ1) is 14.9. The Morgan fingerprint density at radius 2 is 1.80 bits per heavy atom. The summed E-state index contributed by atoms with van der Waals surface area (Å²) in [5.74, 6) is -1.33. The van der Waals surface area contributed by atoms with Crippen LogP contribution in [0.2, 0.25) is 0 Å². The Labute approximate surface area is 124 Å². The number of aliphatic hydroxyl groups is 1. The minimum Gasteiger partial charge on any atom is -0.394 e. The van der Waals surface area contributed by atoms with Gasteiger partial charge in [0.2, 0.25) is 0 Å². The van der Waals surface area contributed by atoms with Crippen LogP contribution in [0.1, 0.15) is 12.5 Å². The second-order valence-electron chi connectivity index (χ2n) is 4.75. The fourth-order valence-electron chi connectivity index (χ4n) is 1.98. The van der Waals surface area contributed by atoms with E-state index in [-0.39, 0.29) is 12.2 Å². The van der Waals surface area contributed by atoms with Crippen molar-refractivity contribution < 1.29 is 13.9 Å². The molecule has 2 N–H and O–H groups in total. The second-order valence-corrected chi connectivity index (χ2v) is 5.66. The molecule has 0 aromatic heterocycles. The largest absolute Gasteiger partial charge is 0.394 e. The number of aliphatic hydroxyl groups excluding tert-OH is 1. The lowest BCUT2D eigenvalue weighted by molar-refractivity contribution is 0.220. The van der Waals surface area contributed by atoms with Gasteiger partial charge in [-0.3, -0.25) is 0 Å². The average molecular weight is 342 g/mol. The van der Waals surface area contributed by atoms with Gasteiger partial charge < -0.3 is 10.4 Å². The van der Waals surface area contributed by atoms with E-state index >= 15 is 0 Å². The van der Waals surface area contributed by atoms with Crippen LogP contribution >= 0.6 is 15.9 Å². The van der Waals surface area contributed by atoms with Gasteiger partial charge in [-0.2, -0.15) is 0 Å². The number of halogens is 3. The minimum absolute atomic E-state index is 0.212. The molecule has 0 aliphatic rings. The Morgan fingerprint density at radius 3 is 2.35 bits per heavy atom. The van der Waals surface area contributed by atoms with E-state index in [1.807, 2.05) is 12.1 Å². The van der Waals surface area contributed by atoms with E-state index < -0.39 is 17.2 Å². The molecule has 1 unspecified atom stereocenters. The van der Waals surface area contributed by atoms with Gasteiger partial charge in [-0.1, -0.05) is 22.0 Å². The molecular weight excluding hydrogens is 328 g/mol. The Morgan fingerprint density at radius 1 is 1.15 bits per heavy atom. The smallest absolute Gasteiger partial charge is 0.131 e.